The molecule has 1 aliphatic rings. The van der Waals surface area contributed by atoms with E-state index in [1.54, 1.807) is 12.1 Å². The molecular formula is C15H22N2O2. The number of benzene rings is 1. The summed E-state index contributed by atoms with van der Waals surface area (Å²) in [5.41, 5.74) is 7.13. The second-order valence-corrected chi connectivity index (χ2v) is 5.79. The Labute approximate surface area is 114 Å². The number of anilines is 1. The van der Waals surface area contributed by atoms with E-state index in [4.69, 9.17) is 10.5 Å². The normalized spacial score (nSPS) is 17.5. The molecule has 1 fully saturated rings. The van der Waals surface area contributed by atoms with Crippen LogP contribution >= 0.6 is 0 Å². The van der Waals surface area contributed by atoms with Gasteiger partial charge in [-0.2, -0.15) is 0 Å². The molecule has 1 aliphatic heterocycles. The first-order valence-corrected chi connectivity index (χ1v) is 6.75. The highest BCUT2D eigenvalue weighted by molar-refractivity contribution is 6.02. The Bertz CT molecular complexity index is 483. The third-order valence-corrected chi connectivity index (χ3v) is 3.54. The Balaban J connectivity index is 2.29. The topological polar surface area (TPSA) is 55.6 Å². The lowest BCUT2D eigenvalue weighted by atomic mass is 9.93. The van der Waals surface area contributed by atoms with Crippen molar-refractivity contribution in [1.82, 2.24) is 4.90 Å². The molecule has 0 bridgehead atoms. The summed E-state index contributed by atoms with van der Waals surface area (Å²) in [5.74, 6) is 0.560. The number of nitrogens with zero attached hydrogens (tertiary/aromatic N) is 1. The lowest BCUT2D eigenvalue weighted by molar-refractivity contribution is 0.0775. The molecule has 1 aromatic rings. The van der Waals surface area contributed by atoms with Gasteiger partial charge in [0.25, 0.3) is 5.91 Å². The second-order valence-electron chi connectivity index (χ2n) is 5.79. The summed E-state index contributed by atoms with van der Waals surface area (Å²) in [4.78, 5) is 14.5. The van der Waals surface area contributed by atoms with Gasteiger partial charge in [0.2, 0.25) is 0 Å². The molecule has 1 saturated heterocycles. The quantitative estimate of drug-likeness (QED) is 0.852. The van der Waals surface area contributed by atoms with Crippen LogP contribution in [0.4, 0.5) is 5.69 Å². The minimum atomic E-state index is -0.0212. The highest BCUT2D eigenvalue weighted by Gasteiger charge is 2.34. The summed E-state index contributed by atoms with van der Waals surface area (Å²) in [6.45, 7) is 8.33. The van der Waals surface area contributed by atoms with E-state index in [0.29, 0.717) is 23.6 Å². The van der Waals surface area contributed by atoms with Crippen LogP contribution < -0.4 is 10.5 Å². The lowest BCUT2D eigenvalue weighted by Gasteiger charge is -2.21. The third kappa shape index (κ3) is 2.83. The largest absolute Gasteiger partial charge is 0.493 e. The summed E-state index contributed by atoms with van der Waals surface area (Å²) < 4.78 is 5.52. The molecule has 1 amide bonds. The van der Waals surface area contributed by atoms with Crippen LogP contribution in [0.1, 0.15) is 37.6 Å². The van der Waals surface area contributed by atoms with Gasteiger partial charge in [-0.05, 0) is 30.9 Å². The average Bonchev–Trinajstić information content (AvgIpc) is 2.70. The fourth-order valence-corrected chi connectivity index (χ4v) is 2.50. The van der Waals surface area contributed by atoms with E-state index in [-0.39, 0.29) is 11.3 Å². The van der Waals surface area contributed by atoms with Crippen molar-refractivity contribution in [2.45, 2.75) is 27.2 Å². The molecule has 19 heavy (non-hydrogen) atoms. The minimum Gasteiger partial charge on any atom is -0.493 e. The molecule has 4 nitrogen and oxygen atoms in total. The number of hydrogen-bond acceptors (Lipinski definition) is 3. The van der Waals surface area contributed by atoms with Crippen molar-refractivity contribution in [3.63, 3.8) is 0 Å². The maximum Gasteiger partial charge on any atom is 0.259 e. The number of likely N-dealkylation sites (tertiary alicyclic amines) is 1. The first-order chi connectivity index (χ1) is 8.94. The van der Waals surface area contributed by atoms with Gasteiger partial charge in [0, 0.05) is 18.8 Å². The van der Waals surface area contributed by atoms with Gasteiger partial charge >= 0.3 is 0 Å². The zero-order valence-electron chi connectivity index (χ0n) is 11.9. The number of carbonyl (C=O) groups is 1. The van der Waals surface area contributed by atoms with Crippen LogP contribution in [0.15, 0.2) is 18.2 Å². The van der Waals surface area contributed by atoms with Gasteiger partial charge in [0.1, 0.15) is 11.3 Å². The highest BCUT2D eigenvalue weighted by Crippen LogP contribution is 2.33. The molecule has 0 saturated carbocycles. The monoisotopic (exact) mass is 262 g/mol. The van der Waals surface area contributed by atoms with Crippen LogP contribution in [0.25, 0.3) is 0 Å². The van der Waals surface area contributed by atoms with Crippen LogP contribution in [-0.2, 0) is 0 Å². The maximum atomic E-state index is 12.6. The van der Waals surface area contributed by atoms with E-state index in [1.807, 2.05) is 17.9 Å². The van der Waals surface area contributed by atoms with Crippen molar-refractivity contribution in [3.05, 3.63) is 23.8 Å². The van der Waals surface area contributed by atoms with Crippen molar-refractivity contribution in [1.29, 1.82) is 0 Å². The molecule has 104 valence electrons. The van der Waals surface area contributed by atoms with Crippen molar-refractivity contribution >= 4 is 11.6 Å². The molecule has 0 unspecified atom stereocenters. The van der Waals surface area contributed by atoms with Crippen molar-refractivity contribution in [3.8, 4) is 5.75 Å². The van der Waals surface area contributed by atoms with Gasteiger partial charge in [-0.1, -0.05) is 19.9 Å². The first kappa shape index (κ1) is 13.7. The van der Waals surface area contributed by atoms with Crippen LogP contribution in [0.2, 0.25) is 0 Å². The summed E-state index contributed by atoms with van der Waals surface area (Å²) in [5, 5.41) is 0. The lowest BCUT2D eigenvalue weighted by Crippen LogP contribution is -2.31. The summed E-state index contributed by atoms with van der Waals surface area (Å²) in [6, 6.07) is 5.36. The fourth-order valence-electron chi connectivity index (χ4n) is 2.50. The van der Waals surface area contributed by atoms with Crippen LogP contribution in [-0.4, -0.2) is 30.5 Å². The SMILES string of the molecule is CCOc1cccc(N)c1C(=O)N1CCC(C)(C)C1. The van der Waals surface area contributed by atoms with E-state index in [9.17, 15) is 4.79 Å². The zero-order chi connectivity index (χ0) is 14.0. The first-order valence-electron chi connectivity index (χ1n) is 6.75. The molecule has 4 heteroatoms. The van der Waals surface area contributed by atoms with Crippen molar-refractivity contribution < 1.29 is 9.53 Å². The predicted molar refractivity (Wildman–Crippen MR) is 76.3 cm³/mol. The van der Waals surface area contributed by atoms with E-state index >= 15 is 0 Å². The Hall–Kier alpha value is -1.71. The molecule has 1 aromatic carbocycles. The molecular weight excluding hydrogens is 240 g/mol. The average molecular weight is 262 g/mol. The van der Waals surface area contributed by atoms with Gasteiger partial charge in [-0.15, -0.1) is 0 Å². The Morgan fingerprint density at radius 1 is 1.47 bits per heavy atom. The molecule has 0 spiro atoms. The fraction of sp³-hybridized carbons (Fsp3) is 0.533. The Morgan fingerprint density at radius 2 is 2.21 bits per heavy atom. The molecule has 1 heterocycles. The number of nitrogen functional groups attached to an aromatic ring is 1. The smallest absolute Gasteiger partial charge is 0.259 e. The number of rotatable bonds is 3. The number of carbonyl (C=O) groups excluding carboxylic acids is 1. The van der Waals surface area contributed by atoms with E-state index in [1.165, 1.54) is 0 Å². The van der Waals surface area contributed by atoms with Crippen LogP contribution in [0.5, 0.6) is 5.75 Å². The van der Waals surface area contributed by atoms with E-state index < -0.39 is 0 Å². The minimum absolute atomic E-state index is 0.0212. The number of hydrogen-bond donors (Lipinski definition) is 1. The highest BCUT2D eigenvalue weighted by atomic mass is 16.5. The number of nitrogens with two attached hydrogens (primary N) is 1. The number of ether oxygens (including phenoxy) is 1. The molecule has 2 rings (SSSR count). The Kier molecular flexibility index (Phi) is 3.69. The summed E-state index contributed by atoms with van der Waals surface area (Å²) in [7, 11) is 0. The van der Waals surface area contributed by atoms with E-state index in [0.717, 1.165) is 19.5 Å². The molecule has 0 radical (unpaired) electrons. The van der Waals surface area contributed by atoms with Gasteiger partial charge in [0.05, 0.1) is 6.61 Å². The van der Waals surface area contributed by atoms with Crippen LogP contribution in [0.3, 0.4) is 0 Å². The third-order valence-electron chi connectivity index (χ3n) is 3.54. The van der Waals surface area contributed by atoms with Crippen molar-refractivity contribution in [2.75, 3.05) is 25.4 Å². The summed E-state index contributed by atoms with van der Waals surface area (Å²) >= 11 is 0. The zero-order valence-corrected chi connectivity index (χ0v) is 11.9. The van der Waals surface area contributed by atoms with Gasteiger partial charge in [-0.25, -0.2) is 0 Å². The van der Waals surface area contributed by atoms with Crippen LogP contribution in [0, 0.1) is 5.41 Å². The maximum absolute atomic E-state index is 12.6. The predicted octanol–water partition coefficient (Wildman–Crippen LogP) is 2.54. The Morgan fingerprint density at radius 3 is 2.79 bits per heavy atom. The molecule has 0 aliphatic carbocycles. The van der Waals surface area contributed by atoms with Crippen molar-refractivity contribution in [2.24, 2.45) is 5.41 Å². The summed E-state index contributed by atoms with van der Waals surface area (Å²) in [6.07, 6.45) is 1.02. The number of amides is 1. The van der Waals surface area contributed by atoms with E-state index in [2.05, 4.69) is 13.8 Å². The standard InChI is InChI=1S/C15H22N2O2/c1-4-19-12-7-5-6-11(16)13(12)14(18)17-9-8-15(2,3)10-17/h5-7H,4,8-10,16H2,1-3H3. The second kappa shape index (κ2) is 5.11. The van der Waals surface area contributed by atoms with Gasteiger partial charge in [0.15, 0.2) is 0 Å². The van der Waals surface area contributed by atoms with Gasteiger partial charge < -0.3 is 15.4 Å². The van der Waals surface area contributed by atoms with Gasteiger partial charge in [-0.3, -0.25) is 4.79 Å². The molecule has 0 aromatic heterocycles. The molecule has 2 N–H and O–H groups in total. The molecule has 0 atom stereocenters.